The van der Waals surface area contributed by atoms with Crippen LogP contribution in [0.5, 0.6) is 0 Å². The van der Waals surface area contributed by atoms with Crippen molar-refractivity contribution in [3.63, 3.8) is 0 Å². The van der Waals surface area contributed by atoms with E-state index in [-0.39, 0.29) is 6.04 Å². The van der Waals surface area contributed by atoms with Crippen molar-refractivity contribution in [3.8, 4) is 0 Å². The number of aromatic amines is 1. The van der Waals surface area contributed by atoms with E-state index in [1.807, 2.05) is 12.4 Å². The van der Waals surface area contributed by atoms with Crippen LogP contribution in [0.4, 0.5) is 10.6 Å². The van der Waals surface area contributed by atoms with E-state index in [2.05, 4.69) is 42.2 Å². The van der Waals surface area contributed by atoms with Crippen molar-refractivity contribution >= 4 is 38.7 Å². The van der Waals surface area contributed by atoms with E-state index in [0.717, 1.165) is 47.1 Å². The van der Waals surface area contributed by atoms with Crippen LogP contribution in [0.25, 0.3) is 10.9 Å². The molecule has 0 atom stereocenters. The molecule has 0 unspecified atom stereocenters. The molecular formula is C13H15BrN4O2. The number of amides is 1. The Morgan fingerprint density at radius 3 is 2.95 bits per heavy atom. The Hall–Kier alpha value is -1.76. The van der Waals surface area contributed by atoms with Crippen molar-refractivity contribution in [2.24, 2.45) is 0 Å². The van der Waals surface area contributed by atoms with E-state index in [0.29, 0.717) is 0 Å². The van der Waals surface area contributed by atoms with Gasteiger partial charge in [-0.15, -0.1) is 0 Å². The smallest absolute Gasteiger partial charge is 0.404 e. The number of nitrogens with zero attached hydrogens (tertiary/aromatic N) is 2. The molecule has 1 saturated heterocycles. The Morgan fingerprint density at radius 2 is 2.25 bits per heavy atom. The summed E-state index contributed by atoms with van der Waals surface area (Å²) in [6, 6.07) is 2.10. The van der Waals surface area contributed by atoms with Gasteiger partial charge >= 0.3 is 6.09 Å². The number of piperidine rings is 1. The van der Waals surface area contributed by atoms with Crippen molar-refractivity contribution in [1.82, 2.24) is 15.3 Å². The zero-order chi connectivity index (χ0) is 14.1. The minimum atomic E-state index is -0.945. The molecule has 2 aromatic heterocycles. The Morgan fingerprint density at radius 1 is 1.50 bits per heavy atom. The molecule has 1 aliphatic rings. The van der Waals surface area contributed by atoms with Crippen LogP contribution in [-0.2, 0) is 0 Å². The predicted octanol–water partition coefficient (Wildman–Crippen LogP) is 2.56. The zero-order valence-electron chi connectivity index (χ0n) is 10.8. The first kappa shape index (κ1) is 13.2. The number of aromatic nitrogens is 2. The van der Waals surface area contributed by atoms with Gasteiger partial charge in [-0.25, -0.2) is 9.78 Å². The highest BCUT2D eigenvalue weighted by Crippen LogP contribution is 2.27. The average molecular weight is 339 g/mol. The van der Waals surface area contributed by atoms with Gasteiger partial charge in [-0.2, -0.15) is 0 Å². The van der Waals surface area contributed by atoms with E-state index in [1.165, 1.54) is 0 Å². The molecule has 6 nitrogen and oxygen atoms in total. The largest absolute Gasteiger partial charge is 0.465 e. The number of halogens is 1. The maximum atomic E-state index is 10.6. The Labute approximate surface area is 124 Å². The standard InChI is InChI=1S/C13H15BrN4O2/c14-10-6-15-11-7-16-12(5-9(10)11)18-3-1-8(2-4-18)17-13(19)20/h5-8,15,17H,1-4H2,(H,19,20). The van der Waals surface area contributed by atoms with Crippen LogP contribution in [0.2, 0.25) is 0 Å². The zero-order valence-corrected chi connectivity index (χ0v) is 12.4. The summed E-state index contributed by atoms with van der Waals surface area (Å²) in [5.41, 5.74) is 1.00. The molecule has 1 amide bonds. The lowest BCUT2D eigenvalue weighted by Crippen LogP contribution is -2.44. The number of hydrogen-bond donors (Lipinski definition) is 3. The molecule has 0 bridgehead atoms. The summed E-state index contributed by atoms with van der Waals surface area (Å²) in [6.07, 6.45) is 4.40. The van der Waals surface area contributed by atoms with E-state index in [1.54, 1.807) is 0 Å². The summed E-state index contributed by atoms with van der Waals surface area (Å²) in [5, 5.41) is 12.4. The number of rotatable bonds is 2. The van der Waals surface area contributed by atoms with Crippen molar-refractivity contribution < 1.29 is 9.90 Å². The van der Waals surface area contributed by atoms with Gasteiger partial charge in [-0.1, -0.05) is 0 Å². The van der Waals surface area contributed by atoms with E-state index in [4.69, 9.17) is 5.11 Å². The van der Waals surface area contributed by atoms with E-state index < -0.39 is 6.09 Å². The molecule has 0 spiro atoms. The van der Waals surface area contributed by atoms with Crippen molar-refractivity contribution in [2.75, 3.05) is 18.0 Å². The van der Waals surface area contributed by atoms with Gasteiger partial charge in [0, 0.05) is 35.2 Å². The van der Waals surface area contributed by atoms with Crippen LogP contribution in [0.3, 0.4) is 0 Å². The second-order valence-electron chi connectivity index (χ2n) is 4.94. The maximum Gasteiger partial charge on any atom is 0.404 e. The van der Waals surface area contributed by atoms with Gasteiger partial charge in [-0.05, 0) is 34.8 Å². The van der Waals surface area contributed by atoms with Crippen molar-refractivity contribution in [2.45, 2.75) is 18.9 Å². The fraction of sp³-hybridized carbons (Fsp3) is 0.385. The highest BCUT2D eigenvalue weighted by Gasteiger charge is 2.21. The summed E-state index contributed by atoms with van der Waals surface area (Å²) < 4.78 is 1.03. The van der Waals surface area contributed by atoms with Gasteiger partial charge in [-0.3, -0.25) is 0 Å². The average Bonchev–Trinajstić information content (AvgIpc) is 2.80. The van der Waals surface area contributed by atoms with Gasteiger partial charge in [0.2, 0.25) is 0 Å². The molecule has 3 heterocycles. The van der Waals surface area contributed by atoms with E-state index >= 15 is 0 Å². The van der Waals surface area contributed by atoms with Crippen molar-refractivity contribution in [1.29, 1.82) is 0 Å². The lowest BCUT2D eigenvalue weighted by Gasteiger charge is -2.32. The Bertz CT molecular complexity index is 634. The fourth-order valence-corrected chi connectivity index (χ4v) is 3.02. The molecule has 106 valence electrons. The number of anilines is 1. The number of carboxylic acid groups (broad SMARTS) is 1. The lowest BCUT2D eigenvalue weighted by molar-refractivity contribution is 0.187. The molecule has 0 aliphatic carbocycles. The molecule has 7 heteroatoms. The van der Waals surface area contributed by atoms with Crippen LogP contribution in [0, 0.1) is 0 Å². The monoisotopic (exact) mass is 338 g/mol. The Kier molecular flexibility index (Phi) is 3.52. The summed E-state index contributed by atoms with van der Waals surface area (Å²) >= 11 is 3.51. The molecule has 0 aromatic carbocycles. The molecule has 3 rings (SSSR count). The number of pyridine rings is 1. The SMILES string of the molecule is O=C(O)NC1CCN(c2cc3c(Br)c[nH]c3cn2)CC1. The second kappa shape index (κ2) is 5.32. The molecule has 0 radical (unpaired) electrons. The molecule has 1 aliphatic heterocycles. The predicted molar refractivity (Wildman–Crippen MR) is 80.2 cm³/mol. The van der Waals surface area contributed by atoms with Gasteiger partial charge in [0.1, 0.15) is 5.82 Å². The Balaban J connectivity index is 1.73. The van der Waals surface area contributed by atoms with Gasteiger partial charge in [0.15, 0.2) is 0 Å². The van der Waals surface area contributed by atoms with Crippen LogP contribution < -0.4 is 10.2 Å². The first-order valence-electron chi connectivity index (χ1n) is 6.50. The van der Waals surface area contributed by atoms with Crippen LogP contribution >= 0.6 is 15.9 Å². The third kappa shape index (κ3) is 2.58. The lowest BCUT2D eigenvalue weighted by atomic mass is 10.1. The summed E-state index contributed by atoms with van der Waals surface area (Å²) in [5.74, 6) is 0.937. The first-order chi connectivity index (χ1) is 9.63. The highest BCUT2D eigenvalue weighted by atomic mass is 79.9. The van der Waals surface area contributed by atoms with Gasteiger partial charge in [0.25, 0.3) is 0 Å². The number of carbonyl (C=O) groups is 1. The maximum absolute atomic E-state index is 10.6. The number of hydrogen-bond acceptors (Lipinski definition) is 3. The van der Waals surface area contributed by atoms with Gasteiger partial charge in [0.05, 0.1) is 11.7 Å². The van der Waals surface area contributed by atoms with Gasteiger partial charge < -0.3 is 20.3 Å². The molecule has 1 fully saturated rings. The third-order valence-electron chi connectivity index (χ3n) is 3.65. The van der Waals surface area contributed by atoms with Crippen LogP contribution in [0.1, 0.15) is 12.8 Å². The fourth-order valence-electron chi connectivity index (χ4n) is 2.58. The number of fused-ring (bicyclic) bond motifs is 1. The van der Waals surface area contributed by atoms with Crippen molar-refractivity contribution in [3.05, 3.63) is 22.9 Å². The highest BCUT2D eigenvalue weighted by molar-refractivity contribution is 9.10. The third-order valence-corrected chi connectivity index (χ3v) is 4.30. The molecule has 0 saturated carbocycles. The summed E-state index contributed by atoms with van der Waals surface area (Å²) in [4.78, 5) is 20.4. The van der Waals surface area contributed by atoms with Crippen LogP contribution in [-0.4, -0.2) is 40.3 Å². The molecule has 2 aromatic rings. The summed E-state index contributed by atoms with van der Waals surface area (Å²) in [7, 11) is 0. The molecule has 3 N–H and O–H groups in total. The first-order valence-corrected chi connectivity index (χ1v) is 7.30. The normalized spacial score (nSPS) is 16.6. The molecular weight excluding hydrogens is 324 g/mol. The number of nitrogens with one attached hydrogen (secondary N) is 2. The summed E-state index contributed by atoms with van der Waals surface area (Å²) in [6.45, 7) is 1.62. The van der Waals surface area contributed by atoms with Crippen LogP contribution in [0.15, 0.2) is 22.9 Å². The minimum Gasteiger partial charge on any atom is -0.465 e. The second-order valence-corrected chi connectivity index (χ2v) is 5.79. The topological polar surface area (TPSA) is 81.2 Å². The number of H-pyrrole nitrogens is 1. The molecule has 20 heavy (non-hydrogen) atoms. The minimum absolute atomic E-state index is 0.0477. The quantitative estimate of drug-likeness (QED) is 0.786. The van der Waals surface area contributed by atoms with E-state index in [9.17, 15) is 4.79 Å².